The first kappa shape index (κ1) is 25.1. The fourth-order valence-corrected chi connectivity index (χ4v) is 4.35. The number of carbonyl (C=O) groups excluding carboxylic acids is 2. The minimum atomic E-state index is -0.843. The highest BCUT2D eigenvalue weighted by atomic mass is 35.5. The smallest absolute Gasteiger partial charge is 0.247 e. The van der Waals surface area contributed by atoms with Crippen molar-refractivity contribution in [2.45, 2.75) is 64.3 Å². The molecule has 1 aliphatic heterocycles. The Kier molecular flexibility index (Phi) is 7.72. The molecule has 0 spiro atoms. The second kappa shape index (κ2) is 10.7. The number of amides is 2. The van der Waals surface area contributed by atoms with E-state index in [2.05, 4.69) is 15.6 Å². The summed E-state index contributed by atoms with van der Waals surface area (Å²) >= 11 is 6.14. The summed E-state index contributed by atoms with van der Waals surface area (Å²) < 4.78 is 7.44. The monoisotopic (exact) mass is 497 g/mol. The second-order valence-corrected chi connectivity index (χ2v) is 10.0. The topological polar surface area (TPSA) is 89.4 Å². The number of ether oxygens (including phenoxy) is 1. The summed E-state index contributed by atoms with van der Waals surface area (Å²) in [6.45, 7) is 6.87. The van der Waals surface area contributed by atoms with Crippen molar-refractivity contribution in [1.29, 1.82) is 0 Å². The average Bonchev–Trinajstić information content (AvgIpc) is 3.50. The van der Waals surface area contributed by atoms with Crippen LogP contribution >= 0.6 is 11.6 Å². The molecular formula is C26H32ClN5O3. The van der Waals surface area contributed by atoms with Crippen molar-refractivity contribution in [3.8, 4) is 0 Å². The molecule has 1 aromatic heterocycles. The SMILES string of the molecule is CCC(C)(C)NC(=O)[C@H](c1ccc(Cl)cc1)N(C[C@@H]1CCCO1)C(=O)Cn1nnc2ccccc21. The van der Waals surface area contributed by atoms with Crippen LogP contribution in [0.4, 0.5) is 0 Å². The highest BCUT2D eigenvalue weighted by Gasteiger charge is 2.36. The Bertz CT molecular complexity index is 1170. The molecule has 1 N–H and O–H groups in total. The number of benzene rings is 2. The van der Waals surface area contributed by atoms with Gasteiger partial charge < -0.3 is 15.0 Å². The molecule has 9 heteroatoms. The Balaban J connectivity index is 1.70. The van der Waals surface area contributed by atoms with Crippen LogP contribution in [0.3, 0.4) is 0 Å². The molecule has 2 amide bonds. The van der Waals surface area contributed by atoms with E-state index >= 15 is 0 Å². The van der Waals surface area contributed by atoms with Crippen LogP contribution in [0.5, 0.6) is 0 Å². The van der Waals surface area contributed by atoms with Gasteiger partial charge in [-0.3, -0.25) is 9.59 Å². The predicted molar refractivity (Wildman–Crippen MR) is 135 cm³/mol. The molecule has 0 bridgehead atoms. The third-order valence-electron chi connectivity index (χ3n) is 6.54. The largest absolute Gasteiger partial charge is 0.376 e. The number of carbonyl (C=O) groups is 2. The maximum atomic E-state index is 13.8. The van der Waals surface area contributed by atoms with Crippen LogP contribution in [0.1, 0.15) is 51.6 Å². The molecule has 4 rings (SSSR count). The van der Waals surface area contributed by atoms with E-state index in [0.717, 1.165) is 24.8 Å². The number of nitrogens with one attached hydrogen (secondary N) is 1. The summed E-state index contributed by atoms with van der Waals surface area (Å²) in [7, 11) is 0. The van der Waals surface area contributed by atoms with Gasteiger partial charge in [-0.25, -0.2) is 4.68 Å². The third-order valence-corrected chi connectivity index (χ3v) is 6.79. The lowest BCUT2D eigenvalue weighted by Crippen LogP contribution is -2.52. The number of fused-ring (bicyclic) bond motifs is 1. The second-order valence-electron chi connectivity index (χ2n) is 9.60. The minimum Gasteiger partial charge on any atom is -0.376 e. The molecule has 3 aromatic rings. The standard InChI is InChI=1S/C26H32ClN5O3/c1-4-26(2,3)28-25(34)24(18-11-13-19(27)14-12-18)31(16-20-8-7-15-35-20)23(33)17-32-22-10-6-5-9-21(22)29-30-32/h5-6,9-14,20,24H,4,7-8,15-17H2,1-3H3,(H,28,34)/t20-,24-/m0/s1. The Hall–Kier alpha value is -2.97. The van der Waals surface area contributed by atoms with Gasteiger partial charge in [0.2, 0.25) is 11.8 Å². The Morgan fingerprint density at radius 2 is 1.97 bits per heavy atom. The van der Waals surface area contributed by atoms with E-state index in [-0.39, 0.29) is 24.5 Å². The lowest BCUT2D eigenvalue weighted by atomic mass is 9.98. The van der Waals surface area contributed by atoms with E-state index in [0.29, 0.717) is 29.3 Å². The summed E-state index contributed by atoms with van der Waals surface area (Å²) in [4.78, 5) is 29.2. The number of rotatable bonds is 9. The molecule has 0 aliphatic carbocycles. The molecule has 8 nitrogen and oxygen atoms in total. The molecule has 0 saturated carbocycles. The molecule has 1 saturated heterocycles. The van der Waals surface area contributed by atoms with E-state index in [1.54, 1.807) is 33.8 Å². The molecule has 2 atom stereocenters. The van der Waals surface area contributed by atoms with Crippen molar-refractivity contribution in [2.24, 2.45) is 0 Å². The quantitative estimate of drug-likeness (QED) is 0.480. The predicted octanol–water partition coefficient (Wildman–Crippen LogP) is 4.14. The van der Waals surface area contributed by atoms with Crippen molar-refractivity contribution < 1.29 is 14.3 Å². The first-order valence-corrected chi connectivity index (χ1v) is 12.4. The lowest BCUT2D eigenvalue weighted by molar-refractivity contribution is -0.144. The lowest BCUT2D eigenvalue weighted by Gasteiger charge is -2.35. The van der Waals surface area contributed by atoms with Gasteiger partial charge >= 0.3 is 0 Å². The van der Waals surface area contributed by atoms with Gasteiger partial charge in [-0.1, -0.05) is 48.0 Å². The van der Waals surface area contributed by atoms with Crippen LogP contribution in [0, 0.1) is 0 Å². The van der Waals surface area contributed by atoms with Gasteiger partial charge in [0.15, 0.2) is 0 Å². The highest BCUT2D eigenvalue weighted by molar-refractivity contribution is 6.30. The Morgan fingerprint density at radius 3 is 2.66 bits per heavy atom. The summed E-state index contributed by atoms with van der Waals surface area (Å²) in [6.07, 6.45) is 2.39. The molecule has 1 fully saturated rings. The van der Waals surface area contributed by atoms with Crippen LogP contribution in [-0.4, -0.2) is 56.5 Å². The maximum absolute atomic E-state index is 13.8. The number of aromatic nitrogens is 3. The van der Waals surface area contributed by atoms with Gasteiger partial charge in [0.25, 0.3) is 0 Å². The zero-order valence-corrected chi connectivity index (χ0v) is 21.2. The van der Waals surface area contributed by atoms with Crippen molar-refractivity contribution in [3.05, 3.63) is 59.1 Å². The molecule has 0 radical (unpaired) electrons. The highest BCUT2D eigenvalue weighted by Crippen LogP contribution is 2.27. The number of para-hydroxylation sites is 1. The van der Waals surface area contributed by atoms with Gasteiger partial charge in [-0.05, 0) is 62.9 Å². The molecular weight excluding hydrogens is 466 g/mol. The van der Waals surface area contributed by atoms with E-state index in [1.165, 1.54) is 0 Å². The number of hydrogen-bond acceptors (Lipinski definition) is 5. The van der Waals surface area contributed by atoms with E-state index in [9.17, 15) is 9.59 Å². The minimum absolute atomic E-state index is 0.0399. The van der Waals surface area contributed by atoms with E-state index in [4.69, 9.17) is 16.3 Å². The van der Waals surface area contributed by atoms with Crippen LogP contribution in [-0.2, 0) is 20.9 Å². The number of nitrogens with zero attached hydrogens (tertiary/aromatic N) is 4. The van der Waals surface area contributed by atoms with Gasteiger partial charge in [0.05, 0.1) is 11.6 Å². The molecule has 2 heterocycles. The van der Waals surface area contributed by atoms with Crippen molar-refractivity contribution in [3.63, 3.8) is 0 Å². The fraction of sp³-hybridized carbons (Fsp3) is 0.462. The summed E-state index contributed by atoms with van der Waals surface area (Å²) in [6, 6.07) is 13.7. The normalized spacial score (nSPS) is 16.9. The first-order valence-electron chi connectivity index (χ1n) is 12.0. The van der Waals surface area contributed by atoms with Gasteiger partial charge in [-0.2, -0.15) is 0 Å². The zero-order chi connectivity index (χ0) is 25.0. The van der Waals surface area contributed by atoms with Crippen LogP contribution in [0.2, 0.25) is 5.02 Å². The number of halogens is 1. The van der Waals surface area contributed by atoms with Gasteiger partial charge in [0.1, 0.15) is 18.1 Å². The van der Waals surface area contributed by atoms with Crippen molar-refractivity contribution in [2.75, 3.05) is 13.2 Å². The Morgan fingerprint density at radius 1 is 1.23 bits per heavy atom. The molecule has 2 aromatic carbocycles. The molecule has 0 unspecified atom stereocenters. The van der Waals surface area contributed by atoms with Crippen LogP contribution in [0.15, 0.2) is 48.5 Å². The molecule has 35 heavy (non-hydrogen) atoms. The van der Waals surface area contributed by atoms with E-state index < -0.39 is 11.6 Å². The Labute approximate surface area is 210 Å². The third kappa shape index (κ3) is 6.00. The summed E-state index contributed by atoms with van der Waals surface area (Å²) in [5.74, 6) is -0.477. The average molecular weight is 498 g/mol. The van der Waals surface area contributed by atoms with Crippen molar-refractivity contribution >= 4 is 34.4 Å². The van der Waals surface area contributed by atoms with E-state index in [1.807, 2.05) is 45.0 Å². The van der Waals surface area contributed by atoms with Crippen molar-refractivity contribution in [1.82, 2.24) is 25.2 Å². The molecule has 1 aliphatic rings. The summed E-state index contributed by atoms with van der Waals surface area (Å²) in [5, 5.41) is 12.0. The van der Waals surface area contributed by atoms with Crippen LogP contribution in [0.25, 0.3) is 11.0 Å². The van der Waals surface area contributed by atoms with Crippen LogP contribution < -0.4 is 5.32 Å². The zero-order valence-electron chi connectivity index (χ0n) is 20.4. The van der Waals surface area contributed by atoms with Gasteiger partial charge in [-0.15, -0.1) is 5.10 Å². The molecule has 186 valence electrons. The van der Waals surface area contributed by atoms with Gasteiger partial charge in [0, 0.05) is 23.7 Å². The number of hydrogen-bond donors (Lipinski definition) is 1. The maximum Gasteiger partial charge on any atom is 0.247 e. The summed E-state index contributed by atoms with van der Waals surface area (Å²) in [5.41, 5.74) is 1.73. The first-order chi connectivity index (χ1) is 16.8. The fourth-order valence-electron chi connectivity index (χ4n) is 4.22.